The maximum absolute atomic E-state index is 14.4. The fraction of sp³-hybridized carbons (Fsp3) is 0.405. The number of hydrogen-bond acceptors (Lipinski definition) is 9. The number of aromatic hydroxyl groups is 1. The predicted molar refractivity (Wildman–Crippen MR) is 213 cm³/mol. The van der Waals surface area contributed by atoms with Gasteiger partial charge in [-0.05, 0) is 54.0 Å². The number of nitrogens with two attached hydrogens (primary N) is 2. The van der Waals surface area contributed by atoms with Crippen LogP contribution < -0.4 is 32.7 Å². The van der Waals surface area contributed by atoms with E-state index in [1.807, 2.05) is 13.8 Å². The molecule has 310 valence electrons. The quantitative estimate of drug-likeness (QED) is 0.0793. The number of nitrogens with one attached hydrogen (secondary N) is 4. The lowest BCUT2D eigenvalue weighted by molar-refractivity contribution is -0.143. The van der Waals surface area contributed by atoms with Crippen LogP contribution >= 0.6 is 0 Å². The zero-order valence-corrected chi connectivity index (χ0v) is 32.6. The zero-order valence-electron chi connectivity index (χ0n) is 32.6. The molecule has 4 rings (SSSR count). The van der Waals surface area contributed by atoms with Crippen LogP contribution in [-0.2, 0) is 52.8 Å². The number of primary amides is 1. The number of carbonyl (C=O) groups is 7. The van der Waals surface area contributed by atoms with Crippen molar-refractivity contribution in [3.05, 3.63) is 102 Å². The third-order valence-electron chi connectivity index (χ3n) is 9.74. The van der Waals surface area contributed by atoms with Gasteiger partial charge in [0.05, 0.1) is 12.5 Å². The molecule has 0 unspecified atom stereocenters. The molecule has 58 heavy (non-hydrogen) atoms. The second kappa shape index (κ2) is 21.3. The second-order valence-corrected chi connectivity index (χ2v) is 14.9. The Kier molecular flexibility index (Phi) is 16.3. The van der Waals surface area contributed by atoms with Crippen LogP contribution in [0.2, 0.25) is 0 Å². The van der Waals surface area contributed by atoms with Gasteiger partial charge in [-0.3, -0.25) is 28.8 Å². The molecule has 6 amide bonds. The Morgan fingerprint density at radius 3 is 1.74 bits per heavy atom. The standard InChI is InChI=1S/C42H53N7O9/c1-25(2)20-31(45-37(52)30(43)24-36(44)51)38(53)47-33(22-27-12-7-4-8-13-27)41(56)49-19-9-14-35(49)40(55)46-32(21-26-10-5-3-6-11-26)39(54)48-34(42(57)58)23-28-15-17-29(50)18-16-28/h3-8,10-13,15-18,25,30-35,50H,9,14,19-24,43H2,1-2H3,(H2,44,51)(H,45,52)(H,46,55)(H,47,53)(H,48,54)(H,57,58)/t30-,31-,32-,33-,34-,35-/m0/s1. The van der Waals surface area contributed by atoms with Crippen LogP contribution in [0.4, 0.5) is 0 Å². The summed E-state index contributed by atoms with van der Waals surface area (Å²) in [7, 11) is 0. The van der Waals surface area contributed by atoms with Crippen molar-refractivity contribution in [2.75, 3.05) is 6.54 Å². The number of carbonyl (C=O) groups excluding carboxylic acids is 6. The van der Waals surface area contributed by atoms with Gasteiger partial charge in [0.25, 0.3) is 0 Å². The summed E-state index contributed by atoms with van der Waals surface area (Å²) >= 11 is 0. The molecule has 16 nitrogen and oxygen atoms in total. The maximum Gasteiger partial charge on any atom is 0.326 e. The van der Waals surface area contributed by atoms with Crippen molar-refractivity contribution in [1.29, 1.82) is 0 Å². The number of benzene rings is 3. The maximum atomic E-state index is 14.4. The molecule has 0 radical (unpaired) electrons. The fourth-order valence-electron chi connectivity index (χ4n) is 6.78. The highest BCUT2D eigenvalue weighted by Gasteiger charge is 2.40. The molecule has 0 aromatic heterocycles. The minimum Gasteiger partial charge on any atom is -0.508 e. The first-order chi connectivity index (χ1) is 27.6. The SMILES string of the molecule is CC(C)C[C@H](NC(=O)[C@@H](N)CC(N)=O)C(=O)N[C@@H](Cc1ccccc1)C(=O)N1CCC[C@H]1C(=O)N[C@@H](Cc1ccccc1)C(=O)N[C@@H](Cc1ccc(O)cc1)C(=O)O. The van der Waals surface area contributed by atoms with E-state index in [0.717, 1.165) is 0 Å². The average molecular weight is 800 g/mol. The molecular formula is C42H53N7O9. The van der Waals surface area contributed by atoms with Gasteiger partial charge in [0, 0.05) is 25.8 Å². The van der Waals surface area contributed by atoms with E-state index in [0.29, 0.717) is 23.1 Å². The molecule has 3 aromatic carbocycles. The van der Waals surface area contributed by atoms with Crippen molar-refractivity contribution < 1.29 is 43.8 Å². The largest absolute Gasteiger partial charge is 0.508 e. The number of phenolic OH excluding ortho intramolecular Hbond substituents is 1. The molecule has 6 atom stereocenters. The third-order valence-corrected chi connectivity index (χ3v) is 9.74. The van der Waals surface area contributed by atoms with Crippen LogP contribution in [0.1, 0.15) is 56.2 Å². The molecule has 1 aliphatic heterocycles. The summed E-state index contributed by atoms with van der Waals surface area (Å²) in [6, 6.07) is 16.5. The van der Waals surface area contributed by atoms with Crippen LogP contribution in [0.25, 0.3) is 0 Å². The number of phenols is 1. The molecular weight excluding hydrogens is 747 g/mol. The lowest BCUT2D eigenvalue weighted by atomic mass is 10.00. The van der Waals surface area contributed by atoms with E-state index in [4.69, 9.17) is 11.5 Å². The topological polar surface area (TPSA) is 263 Å². The predicted octanol–water partition coefficient (Wildman–Crippen LogP) is 0.684. The number of amides is 6. The Balaban J connectivity index is 1.56. The number of hydrogen-bond donors (Lipinski definition) is 8. The fourth-order valence-corrected chi connectivity index (χ4v) is 6.78. The van der Waals surface area contributed by atoms with E-state index >= 15 is 0 Å². The van der Waals surface area contributed by atoms with E-state index in [9.17, 15) is 43.8 Å². The lowest BCUT2D eigenvalue weighted by Crippen LogP contribution is -2.59. The summed E-state index contributed by atoms with van der Waals surface area (Å²) < 4.78 is 0. The van der Waals surface area contributed by atoms with Crippen LogP contribution in [-0.4, -0.2) is 99.3 Å². The zero-order chi connectivity index (χ0) is 42.4. The van der Waals surface area contributed by atoms with Crippen LogP contribution in [0.5, 0.6) is 5.75 Å². The van der Waals surface area contributed by atoms with Gasteiger partial charge in [-0.25, -0.2) is 4.79 Å². The minimum absolute atomic E-state index is 0.00115. The molecule has 1 saturated heterocycles. The number of rotatable bonds is 20. The molecule has 16 heteroatoms. The highest BCUT2D eigenvalue weighted by atomic mass is 16.4. The lowest BCUT2D eigenvalue weighted by Gasteiger charge is -2.31. The van der Waals surface area contributed by atoms with E-state index in [2.05, 4.69) is 21.3 Å². The van der Waals surface area contributed by atoms with Gasteiger partial charge in [-0.2, -0.15) is 0 Å². The first kappa shape index (κ1) is 44.4. The van der Waals surface area contributed by atoms with E-state index in [1.165, 1.54) is 17.0 Å². The molecule has 3 aromatic rings. The molecule has 0 spiro atoms. The van der Waals surface area contributed by atoms with Crippen LogP contribution in [0, 0.1) is 5.92 Å². The van der Waals surface area contributed by atoms with Crippen molar-refractivity contribution in [2.45, 2.75) is 95.0 Å². The summed E-state index contributed by atoms with van der Waals surface area (Å²) in [5, 5.41) is 30.3. The first-order valence-electron chi connectivity index (χ1n) is 19.3. The van der Waals surface area contributed by atoms with Crippen molar-refractivity contribution in [2.24, 2.45) is 17.4 Å². The molecule has 0 saturated carbocycles. The normalized spacial score (nSPS) is 16.3. The van der Waals surface area contributed by atoms with E-state index in [-0.39, 0.29) is 50.3 Å². The van der Waals surface area contributed by atoms with Crippen molar-refractivity contribution in [3.8, 4) is 5.75 Å². The summed E-state index contributed by atoms with van der Waals surface area (Å²) in [5.74, 6) is -5.51. The summed E-state index contributed by atoms with van der Waals surface area (Å²) in [6.45, 7) is 3.87. The minimum atomic E-state index is -1.36. The third kappa shape index (κ3) is 13.4. The van der Waals surface area contributed by atoms with Gasteiger partial charge in [-0.15, -0.1) is 0 Å². The van der Waals surface area contributed by atoms with Gasteiger partial charge in [0.15, 0.2) is 0 Å². The summed E-state index contributed by atoms with van der Waals surface area (Å²) in [5.41, 5.74) is 13.0. The van der Waals surface area contributed by atoms with Crippen LogP contribution in [0.3, 0.4) is 0 Å². The number of aliphatic carboxylic acids is 1. The van der Waals surface area contributed by atoms with Gasteiger partial charge < -0.3 is 47.8 Å². The summed E-state index contributed by atoms with van der Waals surface area (Å²) in [6.07, 6.45) is 0.441. The molecule has 1 heterocycles. The van der Waals surface area contributed by atoms with E-state index < -0.39 is 84.1 Å². The van der Waals surface area contributed by atoms with Gasteiger partial charge in [-0.1, -0.05) is 86.6 Å². The van der Waals surface area contributed by atoms with Gasteiger partial charge in [0.2, 0.25) is 35.4 Å². The Bertz CT molecular complexity index is 1890. The number of likely N-dealkylation sites (tertiary alicyclic amines) is 1. The Morgan fingerprint density at radius 2 is 1.19 bits per heavy atom. The number of carboxylic acids is 1. The van der Waals surface area contributed by atoms with E-state index in [1.54, 1.807) is 72.8 Å². The highest BCUT2D eigenvalue weighted by Crippen LogP contribution is 2.21. The van der Waals surface area contributed by atoms with Crippen molar-refractivity contribution in [3.63, 3.8) is 0 Å². The molecule has 0 aliphatic carbocycles. The van der Waals surface area contributed by atoms with Crippen LogP contribution in [0.15, 0.2) is 84.9 Å². The highest BCUT2D eigenvalue weighted by molar-refractivity contribution is 5.97. The second-order valence-electron chi connectivity index (χ2n) is 14.9. The Morgan fingerprint density at radius 1 is 0.690 bits per heavy atom. The van der Waals surface area contributed by atoms with Crippen molar-refractivity contribution >= 4 is 41.4 Å². The monoisotopic (exact) mass is 799 g/mol. The number of carboxylic acid groups (broad SMARTS) is 1. The van der Waals surface area contributed by atoms with Gasteiger partial charge in [0.1, 0.15) is 36.0 Å². The molecule has 0 bridgehead atoms. The van der Waals surface area contributed by atoms with Gasteiger partial charge >= 0.3 is 5.97 Å². The molecule has 1 fully saturated rings. The molecule has 10 N–H and O–H groups in total. The first-order valence-corrected chi connectivity index (χ1v) is 19.3. The summed E-state index contributed by atoms with van der Waals surface area (Å²) in [4.78, 5) is 94.0. The average Bonchev–Trinajstić information content (AvgIpc) is 3.68. The number of nitrogens with zero attached hydrogens (tertiary/aromatic N) is 1. The molecule has 1 aliphatic rings. The Labute approximate surface area is 337 Å². The Hall–Kier alpha value is -6.29. The van der Waals surface area contributed by atoms with Crippen molar-refractivity contribution in [1.82, 2.24) is 26.2 Å². The smallest absolute Gasteiger partial charge is 0.326 e.